The van der Waals surface area contributed by atoms with Crippen LogP contribution in [0.5, 0.6) is 5.75 Å². The summed E-state index contributed by atoms with van der Waals surface area (Å²) in [5.41, 5.74) is 2.19. The average molecular weight is 488 g/mol. The highest BCUT2D eigenvalue weighted by Gasteiger charge is 2.40. The van der Waals surface area contributed by atoms with Gasteiger partial charge in [0.15, 0.2) is 5.17 Å². The lowest BCUT2D eigenvalue weighted by Crippen LogP contribution is -2.38. The number of carbonyl (C=O) groups excluding carboxylic acids is 2. The van der Waals surface area contributed by atoms with Crippen molar-refractivity contribution in [2.24, 2.45) is 4.99 Å². The van der Waals surface area contributed by atoms with Crippen molar-refractivity contribution in [3.63, 3.8) is 0 Å². The molecule has 2 aromatic carbocycles. The number of aryl methyl sites for hydroxylation is 1. The Bertz CT molecular complexity index is 1070. The molecule has 7 nitrogen and oxygen atoms in total. The normalized spacial score (nSPS) is 21.6. The quantitative estimate of drug-likeness (QED) is 0.607. The number of para-hydroxylation sites is 2. The van der Waals surface area contributed by atoms with Crippen molar-refractivity contribution < 1.29 is 19.1 Å². The number of rotatable bonds is 7. The molecule has 0 aliphatic carbocycles. The number of hydrogen-bond acceptors (Lipinski definition) is 6. The lowest BCUT2D eigenvalue weighted by molar-refractivity contribution is -0.129. The van der Waals surface area contributed by atoms with Gasteiger partial charge >= 0.3 is 0 Å². The van der Waals surface area contributed by atoms with Gasteiger partial charge in [0.05, 0.1) is 31.1 Å². The van der Waals surface area contributed by atoms with Crippen molar-refractivity contribution in [2.45, 2.75) is 37.5 Å². The number of amidine groups is 1. The Morgan fingerprint density at radius 3 is 2.88 bits per heavy atom. The van der Waals surface area contributed by atoms with Gasteiger partial charge in [0.1, 0.15) is 11.0 Å². The molecule has 2 aliphatic rings. The van der Waals surface area contributed by atoms with E-state index in [9.17, 15) is 9.59 Å². The highest BCUT2D eigenvalue weighted by molar-refractivity contribution is 8.15. The van der Waals surface area contributed by atoms with Crippen LogP contribution in [-0.2, 0) is 14.3 Å². The van der Waals surface area contributed by atoms with Crippen LogP contribution in [-0.4, -0.2) is 53.5 Å². The number of anilines is 1. The molecular weight excluding hydrogens is 462 g/mol. The van der Waals surface area contributed by atoms with E-state index in [0.717, 1.165) is 18.4 Å². The number of benzene rings is 2. The van der Waals surface area contributed by atoms with Crippen LogP contribution in [0.4, 0.5) is 11.4 Å². The highest BCUT2D eigenvalue weighted by Crippen LogP contribution is 2.34. The fourth-order valence-corrected chi connectivity index (χ4v) is 5.11. The second kappa shape index (κ2) is 10.6. The Morgan fingerprint density at radius 1 is 1.33 bits per heavy atom. The van der Waals surface area contributed by atoms with Crippen LogP contribution >= 0.6 is 23.4 Å². The van der Waals surface area contributed by atoms with Gasteiger partial charge in [-0.05, 0) is 49.6 Å². The molecule has 0 aromatic heterocycles. The third kappa shape index (κ3) is 5.69. The molecule has 2 aromatic rings. The summed E-state index contributed by atoms with van der Waals surface area (Å²) in [7, 11) is 1.55. The molecule has 0 radical (unpaired) electrons. The first kappa shape index (κ1) is 23.6. The molecule has 2 aliphatic heterocycles. The standard InChI is InChI=1S/C24H26ClN3O4S/c1-15-9-10-16(12-18(15)25)26-24-28(14-17-6-5-11-32-17)23(30)21(33-24)13-22(29)27-19-7-3-4-8-20(19)31-2/h3-4,7-10,12,17,21H,5-6,11,13-14H2,1-2H3,(H,27,29). The van der Waals surface area contributed by atoms with E-state index in [-0.39, 0.29) is 24.3 Å². The molecule has 2 fully saturated rings. The summed E-state index contributed by atoms with van der Waals surface area (Å²) in [6.07, 6.45) is 1.88. The van der Waals surface area contributed by atoms with E-state index < -0.39 is 5.25 Å². The molecule has 2 heterocycles. The second-order valence-corrected chi connectivity index (χ2v) is 9.55. The maximum atomic E-state index is 13.3. The van der Waals surface area contributed by atoms with E-state index in [1.165, 1.54) is 11.8 Å². The van der Waals surface area contributed by atoms with E-state index in [0.29, 0.717) is 40.5 Å². The predicted octanol–water partition coefficient (Wildman–Crippen LogP) is 4.80. The Hall–Kier alpha value is -2.55. The fraction of sp³-hybridized carbons (Fsp3) is 0.375. The van der Waals surface area contributed by atoms with E-state index in [1.807, 2.05) is 31.2 Å². The third-order valence-corrected chi connectivity index (χ3v) is 7.14. The minimum Gasteiger partial charge on any atom is -0.495 e. The molecule has 33 heavy (non-hydrogen) atoms. The molecule has 9 heteroatoms. The molecule has 0 spiro atoms. The summed E-state index contributed by atoms with van der Waals surface area (Å²) in [5.74, 6) is 0.166. The van der Waals surface area contributed by atoms with Crippen LogP contribution in [0.1, 0.15) is 24.8 Å². The minimum atomic E-state index is -0.569. The van der Waals surface area contributed by atoms with Gasteiger partial charge in [-0.1, -0.05) is 41.6 Å². The number of nitrogens with one attached hydrogen (secondary N) is 1. The summed E-state index contributed by atoms with van der Waals surface area (Å²) in [6.45, 7) is 3.05. The monoisotopic (exact) mass is 487 g/mol. The van der Waals surface area contributed by atoms with Crippen LogP contribution in [0.15, 0.2) is 47.5 Å². The van der Waals surface area contributed by atoms with E-state index in [2.05, 4.69) is 5.32 Å². The zero-order valence-corrected chi connectivity index (χ0v) is 20.1. The van der Waals surface area contributed by atoms with Gasteiger partial charge in [-0.2, -0.15) is 0 Å². The van der Waals surface area contributed by atoms with Crippen molar-refractivity contribution in [3.05, 3.63) is 53.1 Å². The van der Waals surface area contributed by atoms with Crippen LogP contribution < -0.4 is 10.1 Å². The Labute approximate surface area is 202 Å². The van der Waals surface area contributed by atoms with Crippen molar-refractivity contribution >= 4 is 51.7 Å². The first-order valence-corrected chi connectivity index (χ1v) is 12.1. The number of aliphatic imine (C=N–C) groups is 1. The molecule has 4 rings (SSSR count). The molecular formula is C24H26ClN3O4S. The molecule has 0 saturated carbocycles. The Morgan fingerprint density at radius 2 is 2.15 bits per heavy atom. The number of thioether (sulfide) groups is 1. The molecule has 0 bridgehead atoms. The molecule has 2 unspecified atom stereocenters. The zero-order chi connectivity index (χ0) is 23.4. The van der Waals surface area contributed by atoms with E-state index >= 15 is 0 Å². The third-order valence-electron chi connectivity index (χ3n) is 5.56. The van der Waals surface area contributed by atoms with Crippen LogP contribution in [0.2, 0.25) is 5.02 Å². The summed E-state index contributed by atoms with van der Waals surface area (Å²) in [6, 6.07) is 12.7. The van der Waals surface area contributed by atoms with E-state index in [1.54, 1.807) is 30.2 Å². The van der Waals surface area contributed by atoms with Crippen molar-refractivity contribution in [2.75, 3.05) is 25.6 Å². The second-order valence-electron chi connectivity index (χ2n) is 7.97. The number of nitrogens with zero attached hydrogens (tertiary/aromatic N) is 2. The average Bonchev–Trinajstić information content (AvgIpc) is 3.41. The first-order chi connectivity index (χ1) is 15.9. The molecule has 174 valence electrons. The van der Waals surface area contributed by atoms with Gasteiger partial charge in [0, 0.05) is 18.1 Å². The van der Waals surface area contributed by atoms with Gasteiger partial charge in [-0.25, -0.2) is 4.99 Å². The zero-order valence-electron chi connectivity index (χ0n) is 18.5. The first-order valence-electron chi connectivity index (χ1n) is 10.8. The smallest absolute Gasteiger partial charge is 0.242 e. The number of methoxy groups -OCH3 is 1. The topological polar surface area (TPSA) is 80.2 Å². The summed E-state index contributed by atoms with van der Waals surface area (Å²) < 4.78 is 11.0. The molecule has 1 N–H and O–H groups in total. The van der Waals surface area contributed by atoms with Gasteiger partial charge in [0.2, 0.25) is 11.8 Å². The summed E-state index contributed by atoms with van der Waals surface area (Å²) >= 11 is 7.56. The lowest BCUT2D eigenvalue weighted by atomic mass is 10.2. The van der Waals surface area contributed by atoms with Crippen molar-refractivity contribution in [3.8, 4) is 5.75 Å². The molecule has 2 amide bonds. The molecule has 2 saturated heterocycles. The maximum Gasteiger partial charge on any atom is 0.242 e. The minimum absolute atomic E-state index is 0.0250. The number of carbonyl (C=O) groups is 2. The van der Waals surface area contributed by atoms with E-state index in [4.69, 9.17) is 26.1 Å². The van der Waals surface area contributed by atoms with Gasteiger partial charge < -0.3 is 14.8 Å². The van der Waals surface area contributed by atoms with Crippen LogP contribution in [0, 0.1) is 6.92 Å². The van der Waals surface area contributed by atoms with Crippen molar-refractivity contribution in [1.82, 2.24) is 4.90 Å². The number of ether oxygens (including phenoxy) is 2. The number of hydrogen-bond donors (Lipinski definition) is 1. The highest BCUT2D eigenvalue weighted by atomic mass is 35.5. The molecule has 2 atom stereocenters. The summed E-state index contributed by atoms with van der Waals surface area (Å²) in [5, 5.41) is 3.45. The van der Waals surface area contributed by atoms with Gasteiger partial charge in [-0.3, -0.25) is 14.5 Å². The maximum absolute atomic E-state index is 13.3. The Balaban J connectivity index is 1.52. The van der Waals surface area contributed by atoms with Crippen molar-refractivity contribution in [1.29, 1.82) is 0 Å². The fourth-order valence-electron chi connectivity index (χ4n) is 3.76. The number of amides is 2. The van der Waals surface area contributed by atoms with Gasteiger partial charge in [0.25, 0.3) is 0 Å². The summed E-state index contributed by atoms with van der Waals surface area (Å²) in [4.78, 5) is 32.4. The van der Waals surface area contributed by atoms with Gasteiger partial charge in [-0.15, -0.1) is 0 Å². The largest absolute Gasteiger partial charge is 0.495 e. The Kier molecular flexibility index (Phi) is 7.57. The predicted molar refractivity (Wildman–Crippen MR) is 132 cm³/mol. The lowest BCUT2D eigenvalue weighted by Gasteiger charge is -2.20. The SMILES string of the molecule is COc1ccccc1NC(=O)CC1SC(=Nc2ccc(C)c(Cl)c2)N(CC2CCCO2)C1=O. The van der Waals surface area contributed by atoms with Crippen LogP contribution in [0.25, 0.3) is 0 Å². The number of halogens is 1. The van der Waals surface area contributed by atoms with Crippen LogP contribution in [0.3, 0.4) is 0 Å².